The minimum atomic E-state index is -4.78. The maximum Gasteiger partial charge on any atom is 0.573 e. The van der Waals surface area contributed by atoms with Crippen LogP contribution in [-0.2, 0) is 4.79 Å². The van der Waals surface area contributed by atoms with Crippen LogP contribution in [-0.4, -0.2) is 24.3 Å². The summed E-state index contributed by atoms with van der Waals surface area (Å²) >= 11 is 0. The Bertz CT molecular complexity index is 581. The number of anilines is 1. The largest absolute Gasteiger partial charge is 0.573 e. The molecule has 3 rings (SSSR count). The summed E-state index contributed by atoms with van der Waals surface area (Å²) in [7, 11) is 0. The molecule has 0 aromatic heterocycles. The van der Waals surface area contributed by atoms with Crippen molar-refractivity contribution in [1.29, 1.82) is 0 Å². The fourth-order valence-corrected chi connectivity index (χ4v) is 2.29. The highest BCUT2D eigenvalue weighted by Gasteiger charge is 2.46. The molecule has 0 spiro atoms. The zero-order chi connectivity index (χ0) is 15.2. The minimum absolute atomic E-state index is 0.166. The van der Waals surface area contributed by atoms with Crippen molar-refractivity contribution in [2.75, 3.05) is 4.90 Å². The molecule has 2 aliphatic rings. The molecule has 1 aromatic rings. The normalized spacial score (nSPS) is 22.4. The average molecular weight is 300 g/mol. The summed E-state index contributed by atoms with van der Waals surface area (Å²) in [6.07, 6.45) is -2.99. The number of ether oxygens (including phenoxy) is 1. The molecule has 0 radical (unpaired) electrons. The summed E-state index contributed by atoms with van der Waals surface area (Å²) in [6, 6.07) is 3.54. The Morgan fingerprint density at radius 2 is 1.76 bits per heavy atom. The molecule has 1 saturated carbocycles. The van der Waals surface area contributed by atoms with Crippen molar-refractivity contribution < 1.29 is 27.5 Å². The maximum absolute atomic E-state index is 12.1. The number of imide groups is 1. The summed E-state index contributed by atoms with van der Waals surface area (Å²) in [4.78, 5) is 24.9. The number of carbonyl (C=O) groups excluding carboxylic acids is 2. The number of halogens is 3. The third kappa shape index (κ3) is 2.79. The van der Waals surface area contributed by atoms with Crippen LogP contribution in [0.25, 0.3) is 0 Å². The Balaban J connectivity index is 1.77. The minimum Gasteiger partial charge on any atom is -0.406 e. The molecule has 3 amide bonds. The Labute approximate surface area is 117 Å². The van der Waals surface area contributed by atoms with Crippen LogP contribution in [0.15, 0.2) is 24.3 Å². The number of nitrogens with zero attached hydrogens (tertiary/aromatic N) is 1. The number of rotatable bonds is 3. The quantitative estimate of drug-likeness (QED) is 0.872. The molecule has 5 nitrogen and oxygen atoms in total. The molecule has 112 valence electrons. The van der Waals surface area contributed by atoms with E-state index < -0.39 is 24.2 Å². The second-order valence-electron chi connectivity index (χ2n) is 4.98. The Kier molecular flexibility index (Phi) is 3.03. The Morgan fingerprint density at radius 1 is 1.14 bits per heavy atom. The van der Waals surface area contributed by atoms with Crippen LogP contribution in [0.3, 0.4) is 0 Å². The van der Waals surface area contributed by atoms with Crippen LogP contribution < -0.4 is 15.0 Å². The van der Waals surface area contributed by atoms with Crippen LogP contribution in [0.4, 0.5) is 23.7 Å². The van der Waals surface area contributed by atoms with E-state index in [1.54, 1.807) is 0 Å². The molecule has 8 heteroatoms. The van der Waals surface area contributed by atoms with Gasteiger partial charge in [-0.3, -0.25) is 4.79 Å². The second kappa shape index (κ2) is 4.64. The molecule has 21 heavy (non-hydrogen) atoms. The van der Waals surface area contributed by atoms with Gasteiger partial charge in [0.2, 0.25) is 0 Å². The van der Waals surface area contributed by atoms with Crippen molar-refractivity contribution >= 4 is 17.6 Å². The zero-order valence-corrected chi connectivity index (χ0v) is 10.7. The molecule has 1 aliphatic carbocycles. The summed E-state index contributed by atoms with van der Waals surface area (Å²) in [5, 5.41) is 2.59. The van der Waals surface area contributed by atoms with Gasteiger partial charge in [-0.2, -0.15) is 0 Å². The van der Waals surface area contributed by atoms with Crippen LogP contribution in [0.2, 0.25) is 0 Å². The topological polar surface area (TPSA) is 58.6 Å². The molecule has 1 aliphatic heterocycles. The van der Waals surface area contributed by atoms with E-state index in [1.807, 2.05) is 0 Å². The molecular formula is C13H11F3N2O3. The number of hydrogen-bond acceptors (Lipinski definition) is 3. The van der Waals surface area contributed by atoms with Crippen molar-refractivity contribution in [3.8, 4) is 5.75 Å². The van der Waals surface area contributed by atoms with E-state index in [2.05, 4.69) is 10.1 Å². The van der Waals surface area contributed by atoms with Crippen molar-refractivity contribution in [2.24, 2.45) is 5.92 Å². The fraction of sp³-hybridized carbons (Fsp3) is 0.385. The van der Waals surface area contributed by atoms with Gasteiger partial charge >= 0.3 is 12.4 Å². The number of nitrogens with one attached hydrogen (secondary N) is 1. The molecular weight excluding hydrogens is 289 g/mol. The Morgan fingerprint density at radius 3 is 2.29 bits per heavy atom. The van der Waals surface area contributed by atoms with Gasteiger partial charge < -0.3 is 10.1 Å². The smallest absolute Gasteiger partial charge is 0.406 e. The van der Waals surface area contributed by atoms with Crippen molar-refractivity contribution in [3.63, 3.8) is 0 Å². The predicted octanol–water partition coefficient (Wildman–Crippen LogP) is 2.42. The van der Waals surface area contributed by atoms with Gasteiger partial charge in [0.25, 0.3) is 5.91 Å². The summed E-state index contributed by atoms with van der Waals surface area (Å²) in [5.74, 6) is -0.608. The van der Waals surface area contributed by atoms with E-state index in [1.165, 1.54) is 12.1 Å². The lowest BCUT2D eigenvalue weighted by atomic mass is 10.2. The lowest BCUT2D eigenvalue weighted by Gasteiger charge is -2.14. The molecule has 1 N–H and O–H groups in total. The lowest BCUT2D eigenvalue weighted by molar-refractivity contribution is -0.274. The molecule has 1 aromatic carbocycles. The molecule has 2 fully saturated rings. The highest BCUT2D eigenvalue weighted by Crippen LogP contribution is 2.36. The van der Waals surface area contributed by atoms with Gasteiger partial charge in [0.1, 0.15) is 11.8 Å². The highest BCUT2D eigenvalue weighted by molar-refractivity contribution is 6.21. The van der Waals surface area contributed by atoms with E-state index in [0.717, 1.165) is 29.9 Å². The fourth-order valence-electron chi connectivity index (χ4n) is 2.29. The summed E-state index contributed by atoms with van der Waals surface area (Å²) < 4.78 is 39.9. The molecule has 1 saturated heterocycles. The summed E-state index contributed by atoms with van der Waals surface area (Å²) in [6.45, 7) is 0. The van der Waals surface area contributed by atoms with Crippen LogP contribution in [0, 0.1) is 5.92 Å². The van der Waals surface area contributed by atoms with Gasteiger partial charge in [0.05, 0.1) is 5.69 Å². The van der Waals surface area contributed by atoms with Gasteiger partial charge in [-0.05, 0) is 43.0 Å². The first kappa shape index (κ1) is 13.7. The van der Waals surface area contributed by atoms with Crippen LogP contribution >= 0.6 is 0 Å². The van der Waals surface area contributed by atoms with Gasteiger partial charge in [-0.15, -0.1) is 13.2 Å². The lowest BCUT2D eigenvalue weighted by Crippen LogP contribution is -2.32. The SMILES string of the molecule is O=C1NC(C2CC2)C(=O)N1c1ccc(OC(F)(F)F)cc1. The molecule has 0 bridgehead atoms. The zero-order valence-electron chi connectivity index (χ0n) is 10.7. The van der Waals surface area contributed by atoms with Crippen molar-refractivity contribution in [3.05, 3.63) is 24.3 Å². The van der Waals surface area contributed by atoms with Gasteiger partial charge in [-0.25, -0.2) is 9.69 Å². The monoisotopic (exact) mass is 300 g/mol. The number of alkyl halides is 3. The standard InChI is InChI=1S/C13H11F3N2O3/c14-13(15,16)21-9-5-3-8(4-6-9)18-11(19)10(7-1-2-7)17-12(18)20/h3-7,10H,1-2H2,(H,17,20). The molecule has 1 unspecified atom stereocenters. The number of carbonyl (C=O) groups is 2. The predicted molar refractivity (Wildman–Crippen MR) is 65.7 cm³/mol. The van der Waals surface area contributed by atoms with Crippen LogP contribution in [0.1, 0.15) is 12.8 Å². The van der Waals surface area contributed by atoms with Gasteiger partial charge in [0.15, 0.2) is 0 Å². The first-order valence-electron chi connectivity index (χ1n) is 6.35. The van der Waals surface area contributed by atoms with Gasteiger partial charge in [0, 0.05) is 0 Å². The second-order valence-corrected chi connectivity index (χ2v) is 4.98. The molecule has 1 heterocycles. The van der Waals surface area contributed by atoms with E-state index in [4.69, 9.17) is 0 Å². The van der Waals surface area contributed by atoms with E-state index in [0.29, 0.717) is 0 Å². The average Bonchev–Trinajstić information content (AvgIpc) is 3.16. The summed E-state index contributed by atoms with van der Waals surface area (Å²) in [5.41, 5.74) is 0.218. The van der Waals surface area contributed by atoms with Crippen LogP contribution in [0.5, 0.6) is 5.75 Å². The Hall–Kier alpha value is -2.25. The molecule has 1 atom stereocenters. The van der Waals surface area contributed by atoms with Gasteiger partial charge in [-0.1, -0.05) is 0 Å². The highest BCUT2D eigenvalue weighted by atomic mass is 19.4. The number of benzene rings is 1. The third-order valence-corrected chi connectivity index (χ3v) is 3.39. The first-order valence-corrected chi connectivity index (χ1v) is 6.35. The number of hydrogen-bond donors (Lipinski definition) is 1. The van der Waals surface area contributed by atoms with Crippen molar-refractivity contribution in [1.82, 2.24) is 5.32 Å². The van der Waals surface area contributed by atoms with E-state index in [-0.39, 0.29) is 17.5 Å². The maximum atomic E-state index is 12.1. The van der Waals surface area contributed by atoms with Crippen molar-refractivity contribution in [2.45, 2.75) is 25.2 Å². The number of urea groups is 1. The first-order chi connectivity index (χ1) is 9.85. The third-order valence-electron chi connectivity index (χ3n) is 3.39. The van der Waals surface area contributed by atoms with E-state index >= 15 is 0 Å². The van der Waals surface area contributed by atoms with E-state index in [9.17, 15) is 22.8 Å². The number of amides is 3.